The lowest BCUT2D eigenvalue weighted by atomic mass is 10.0. The maximum Gasteiger partial charge on any atom is 0.213 e. The first-order valence-electron chi connectivity index (χ1n) is 5.21. The third kappa shape index (κ3) is 1.54. The number of hydrogen-bond donors (Lipinski definition) is 0. The van der Waals surface area contributed by atoms with Crippen LogP contribution < -0.4 is 0 Å². The van der Waals surface area contributed by atoms with Crippen molar-refractivity contribution in [1.82, 2.24) is 19.7 Å². The fourth-order valence-electron chi connectivity index (χ4n) is 2.08. The SMILES string of the molecule is c1nc(Cn2cnc3c2CCCC3)no1. The van der Waals surface area contributed by atoms with E-state index in [1.165, 1.54) is 30.6 Å². The monoisotopic (exact) mass is 204 g/mol. The van der Waals surface area contributed by atoms with E-state index in [9.17, 15) is 0 Å². The average Bonchev–Trinajstić information content (AvgIpc) is 2.89. The molecule has 0 aromatic carbocycles. The van der Waals surface area contributed by atoms with Gasteiger partial charge in [0.15, 0.2) is 5.82 Å². The lowest BCUT2D eigenvalue weighted by molar-refractivity contribution is 0.407. The quantitative estimate of drug-likeness (QED) is 0.737. The molecule has 1 aliphatic carbocycles. The highest BCUT2D eigenvalue weighted by Gasteiger charge is 2.15. The van der Waals surface area contributed by atoms with E-state index >= 15 is 0 Å². The van der Waals surface area contributed by atoms with Gasteiger partial charge in [0.1, 0.15) is 0 Å². The molecule has 5 nitrogen and oxygen atoms in total. The van der Waals surface area contributed by atoms with Crippen LogP contribution in [0, 0.1) is 0 Å². The summed E-state index contributed by atoms with van der Waals surface area (Å²) in [5, 5.41) is 3.81. The zero-order chi connectivity index (χ0) is 10.1. The van der Waals surface area contributed by atoms with E-state index in [0.29, 0.717) is 12.4 Å². The second-order valence-corrected chi connectivity index (χ2v) is 3.82. The van der Waals surface area contributed by atoms with E-state index in [0.717, 1.165) is 12.8 Å². The Kier molecular flexibility index (Phi) is 2.01. The van der Waals surface area contributed by atoms with Crippen molar-refractivity contribution >= 4 is 0 Å². The van der Waals surface area contributed by atoms with E-state index in [2.05, 4.69) is 19.7 Å². The summed E-state index contributed by atoms with van der Waals surface area (Å²) in [4.78, 5) is 8.43. The molecule has 0 N–H and O–H groups in total. The van der Waals surface area contributed by atoms with Crippen LogP contribution in [0.15, 0.2) is 17.2 Å². The minimum atomic E-state index is 0.666. The predicted molar refractivity (Wildman–Crippen MR) is 52.3 cm³/mol. The number of fused-ring (bicyclic) bond motifs is 1. The van der Waals surface area contributed by atoms with Crippen LogP contribution in [-0.4, -0.2) is 19.7 Å². The molecule has 15 heavy (non-hydrogen) atoms. The minimum absolute atomic E-state index is 0.666. The Hall–Kier alpha value is -1.65. The molecule has 0 atom stereocenters. The van der Waals surface area contributed by atoms with Crippen molar-refractivity contribution in [2.24, 2.45) is 0 Å². The summed E-state index contributed by atoms with van der Waals surface area (Å²) >= 11 is 0. The van der Waals surface area contributed by atoms with Crippen LogP contribution in [0.4, 0.5) is 0 Å². The van der Waals surface area contributed by atoms with E-state index in [4.69, 9.17) is 4.52 Å². The molecule has 3 rings (SSSR count). The van der Waals surface area contributed by atoms with Crippen LogP contribution in [0.25, 0.3) is 0 Å². The minimum Gasteiger partial charge on any atom is -0.343 e. The van der Waals surface area contributed by atoms with E-state index in [1.54, 1.807) is 0 Å². The van der Waals surface area contributed by atoms with Gasteiger partial charge in [-0.3, -0.25) is 0 Å². The number of hydrogen-bond acceptors (Lipinski definition) is 4. The van der Waals surface area contributed by atoms with Gasteiger partial charge < -0.3 is 9.09 Å². The van der Waals surface area contributed by atoms with Gasteiger partial charge >= 0.3 is 0 Å². The third-order valence-electron chi connectivity index (χ3n) is 2.83. The Balaban J connectivity index is 1.89. The highest BCUT2D eigenvalue weighted by atomic mass is 16.5. The summed E-state index contributed by atoms with van der Waals surface area (Å²) in [5.41, 5.74) is 2.58. The summed E-state index contributed by atoms with van der Waals surface area (Å²) in [6, 6.07) is 0. The van der Waals surface area contributed by atoms with Gasteiger partial charge in [0, 0.05) is 5.69 Å². The summed E-state index contributed by atoms with van der Waals surface area (Å²) in [7, 11) is 0. The van der Waals surface area contributed by atoms with Gasteiger partial charge in [0.25, 0.3) is 0 Å². The number of aromatic nitrogens is 4. The van der Waals surface area contributed by atoms with E-state index in [-0.39, 0.29) is 0 Å². The van der Waals surface area contributed by atoms with Crippen molar-refractivity contribution in [3.63, 3.8) is 0 Å². The van der Waals surface area contributed by atoms with Gasteiger partial charge in [0.2, 0.25) is 6.39 Å². The molecule has 0 saturated carbocycles. The first-order valence-corrected chi connectivity index (χ1v) is 5.21. The van der Waals surface area contributed by atoms with Crippen LogP contribution >= 0.6 is 0 Å². The molecule has 0 fully saturated rings. The topological polar surface area (TPSA) is 56.7 Å². The standard InChI is InChI=1S/C10H12N4O/c1-2-4-9-8(3-1)11-6-14(9)5-10-12-7-15-13-10/h6-7H,1-5H2. The van der Waals surface area contributed by atoms with Gasteiger partial charge in [-0.15, -0.1) is 0 Å². The molecule has 2 heterocycles. The first kappa shape index (κ1) is 8.64. The van der Waals surface area contributed by atoms with Crippen molar-refractivity contribution in [3.8, 4) is 0 Å². The maximum atomic E-state index is 4.71. The fourth-order valence-corrected chi connectivity index (χ4v) is 2.08. The molecule has 0 bridgehead atoms. The lowest BCUT2D eigenvalue weighted by Crippen LogP contribution is -2.09. The predicted octanol–water partition coefficient (Wildman–Crippen LogP) is 1.19. The Labute approximate surface area is 87.1 Å². The molecule has 5 heteroatoms. The number of imidazole rings is 1. The number of rotatable bonds is 2. The van der Waals surface area contributed by atoms with Crippen LogP contribution in [0.2, 0.25) is 0 Å². The zero-order valence-corrected chi connectivity index (χ0v) is 8.39. The van der Waals surface area contributed by atoms with Gasteiger partial charge in [0.05, 0.1) is 18.6 Å². The van der Waals surface area contributed by atoms with Crippen molar-refractivity contribution in [2.45, 2.75) is 32.2 Å². The molecular formula is C10H12N4O. The summed E-state index contributed by atoms with van der Waals surface area (Å²) in [6.07, 6.45) is 7.98. The van der Waals surface area contributed by atoms with Crippen LogP contribution in [-0.2, 0) is 19.4 Å². The van der Waals surface area contributed by atoms with E-state index in [1.807, 2.05) is 6.33 Å². The molecule has 1 aliphatic rings. The summed E-state index contributed by atoms with van der Waals surface area (Å²) in [6.45, 7) is 0.666. The number of aryl methyl sites for hydroxylation is 1. The highest BCUT2D eigenvalue weighted by Crippen LogP contribution is 2.20. The van der Waals surface area contributed by atoms with E-state index < -0.39 is 0 Å². The summed E-state index contributed by atoms with van der Waals surface area (Å²) in [5.74, 6) is 0.709. The highest BCUT2D eigenvalue weighted by molar-refractivity contribution is 5.16. The molecule has 0 unspecified atom stereocenters. The fraction of sp³-hybridized carbons (Fsp3) is 0.500. The molecule has 2 aromatic heterocycles. The third-order valence-corrected chi connectivity index (χ3v) is 2.83. The smallest absolute Gasteiger partial charge is 0.213 e. The second-order valence-electron chi connectivity index (χ2n) is 3.82. The average molecular weight is 204 g/mol. The number of nitrogens with zero attached hydrogens (tertiary/aromatic N) is 4. The normalized spacial score (nSPS) is 15.2. The Bertz CT molecular complexity index is 446. The second kappa shape index (κ2) is 3.49. The first-order chi connectivity index (χ1) is 7.43. The Morgan fingerprint density at radius 3 is 3.07 bits per heavy atom. The van der Waals surface area contributed by atoms with Crippen molar-refractivity contribution in [2.75, 3.05) is 0 Å². The maximum absolute atomic E-state index is 4.71. The van der Waals surface area contributed by atoms with Gasteiger partial charge in [-0.1, -0.05) is 5.16 Å². The Morgan fingerprint density at radius 1 is 1.27 bits per heavy atom. The van der Waals surface area contributed by atoms with Crippen LogP contribution in [0.5, 0.6) is 0 Å². The molecule has 0 spiro atoms. The largest absolute Gasteiger partial charge is 0.343 e. The van der Waals surface area contributed by atoms with Crippen molar-refractivity contribution in [3.05, 3.63) is 29.9 Å². The molecule has 0 radical (unpaired) electrons. The summed E-state index contributed by atoms with van der Waals surface area (Å²) < 4.78 is 6.84. The molecule has 2 aromatic rings. The Morgan fingerprint density at radius 2 is 2.20 bits per heavy atom. The molecule has 0 saturated heterocycles. The van der Waals surface area contributed by atoms with Gasteiger partial charge in [-0.2, -0.15) is 4.98 Å². The van der Waals surface area contributed by atoms with Crippen molar-refractivity contribution in [1.29, 1.82) is 0 Å². The molecule has 0 aliphatic heterocycles. The molecular weight excluding hydrogens is 192 g/mol. The van der Waals surface area contributed by atoms with Crippen LogP contribution in [0.3, 0.4) is 0 Å². The van der Waals surface area contributed by atoms with Gasteiger partial charge in [-0.25, -0.2) is 4.98 Å². The zero-order valence-electron chi connectivity index (χ0n) is 8.39. The molecule has 78 valence electrons. The van der Waals surface area contributed by atoms with Crippen molar-refractivity contribution < 1.29 is 4.52 Å². The van der Waals surface area contributed by atoms with Gasteiger partial charge in [-0.05, 0) is 25.7 Å². The van der Waals surface area contributed by atoms with Crippen LogP contribution in [0.1, 0.15) is 30.1 Å². The lowest BCUT2D eigenvalue weighted by Gasteiger charge is -2.12. The molecule has 0 amide bonds.